The van der Waals surface area contributed by atoms with E-state index in [0.717, 1.165) is 11.4 Å². The molecule has 1 aromatic rings. The zero-order valence-electron chi connectivity index (χ0n) is 9.79. The summed E-state index contributed by atoms with van der Waals surface area (Å²) in [5.74, 6) is 0.752. The summed E-state index contributed by atoms with van der Waals surface area (Å²) >= 11 is 4.99. The number of nitrogens with one attached hydrogen (secondary N) is 1. The lowest BCUT2D eigenvalue weighted by Gasteiger charge is -2.27. The van der Waals surface area contributed by atoms with Crippen LogP contribution in [0.5, 0.6) is 0 Å². The van der Waals surface area contributed by atoms with Gasteiger partial charge in [-0.2, -0.15) is 0 Å². The number of amidine groups is 1. The first-order valence-electron chi connectivity index (χ1n) is 5.29. The van der Waals surface area contributed by atoms with Crippen molar-refractivity contribution in [3.05, 3.63) is 35.4 Å². The molecule has 1 unspecified atom stereocenters. The van der Waals surface area contributed by atoms with Crippen LogP contribution in [-0.4, -0.2) is 34.8 Å². The number of aliphatic imine (C=N–C) groups is 1. The number of hydrogen-bond donors (Lipinski definition) is 2. The van der Waals surface area contributed by atoms with E-state index in [-0.39, 0.29) is 0 Å². The molecule has 1 atom stereocenters. The lowest BCUT2D eigenvalue weighted by atomic mass is 10.1. The van der Waals surface area contributed by atoms with E-state index in [4.69, 9.17) is 18.0 Å². The molecule has 0 fully saturated rings. The van der Waals surface area contributed by atoms with E-state index >= 15 is 0 Å². The van der Waals surface area contributed by atoms with E-state index in [0.29, 0.717) is 0 Å². The smallest absolute Gasteiger partial charge is 0.187 e. The molecule has 0 saturated heterocycles. The molecule has 0 bridgehead atoms. The number of thiocarbonyl (C=S) groups is 1. The molecule has 0 aromatic heterocycles. The van der Waals surface area contributed by atoms with Crippen LogP contribution in [0.4, 0.5) is 0 Å². The third-order valence-electron chi connectivity index (χ3n) is 2.59. The maximum atomic E-state index is 5.88. The molecule has 3 N–H and O–H groups in total. The second-order valence-electron chi connectivity index (χ2n) is 3.75. The molecule has 1 aliphatic rings. The topological polar surface area (TPSA) is 56.9 Å². The second kappa shape index (κ2) is 4.89. The summed E-state index contributed by atoms with van der Waals surface area (Å²) < 4.78 is 0. The minimum Gasteiger partial charge on any atom is -0.295 e. The zero-order valence-corrected chi connectivity index (χ0v) is 10.6. The average Bonchev–Trinajstić information content (AvgIpc) is 2.66. The van der Waals surface area contributed by atoms with E-state index in [1.54, 1.807) is 17.2 Å². The van der Waals surface area contributed by atoms with Crippen molar-refractivity contribution in [2.24, 2.45) is 10.7 Å². The Bertz CT molecular complexity index is 442. The number of hydrogen-bond acceptors (Lipinski definition) is 5. The minimum absolute atomic E-state index is 0.462. The Balaban J connectivity index is 2.35. The number of benzene rings is 1. The summed E-state index contributed by atoms with van der Waals surface area (Å²) in [6, 6.07) is 8.08. The molecule has 0 amide bonds. The summed E-state index contributed by atoms with van der Waals surface area (Å²) in [4.78, 5) is 4.38. The van der Waals surface area contributed by atoms with Crippen molar-refractivity contribution in [1.82, 2.24) is 15.6 Å². The molecule has 1 aliphatic heterocycles. The Kier molecular flexibility index (Phi) is 3.49. The molecule has 1 aromatic carbocycles. The average molecular weight is 249 g/mol. The van der Waals surface area contributed by atoms with Crippen LogP contribution in [-0.2, 0) is 0 Å². The monoisotopic (exact) mass is 249 g/mol. The van der Waals surface area contributed by atoms with Gasteiger partial charge < -0.3 is 0 Å². The summed E-state index contributed by atoms with van der Waals surface area (Å²) in [6.07, 6.45) is -0.462. The third-order valence-corrected chi connectivity index (χ3v) is 2.79. The maximum absolute atomic E-state index is 5.88. The highest BCUT2D eigenvalue weighted by molar-refractivity contribution is 7.78. The van der Waals surface area contributed by atoms with Gasteiger partial charge in [0.25, 0.3) is 0 Å². The summed E-state index contributed by atoms with van der Waals surface area (Å²) in [6.45, 7) is 2.04. The molecule has 17 heavy (non-hydrogen) atoms. The predicted octanol–water partition coefficient (Wildman–Crippen LogP) is 0.608. The highest BCUT2D eigenvalue weighted by Gasteiger charge is 2.30. The fourth-order valence-electron chi connectivity index (χ4n) is 1.72. The highest BCUT2D eigenvalue weighted by Crippen LogP contribution is 2.15. The van der Waals surface area contributed by atoms with E-state index < -0.39 is 6.29 Å². The van der Waals surface area contributed by atoms with E-state index in [1.807, 2.05) is 31.2 Å². The molecule has 90 valence electrons. The zero-order chi connectivity index (χ0) is 12.4. The largest absolute Gasteiger partial charge is 0.295 e. The van der Waals surface area contributed by atoms with Gasteiger partial charge in [-0.05, 0) is 6.92 Å². The van der Waals surface area contributed by atoms with Crippen LogP contribution in [0.3, 0.4) is 0 Å². The molecule has 0 aliphatic carbocycles. The van der Waals surface area contributed by atoms with E-state index in [2.05, 4.69) is 10.4 Å². The quantitative estimate of drug-likeness (QED) is 0.769. The number of rotatable bonds is 3. The molecule has 1 heterocycles. The lowest BCUT2D eigenvalue weighted by molar-refractivity contribution is 0.0406. The number of nitrogens with two attached hydrogens (primary N) is 1. The maximum Gasteiger partial charge on any atom is 0.187 e. The Hall–Kier alpha value is -1.34. The van der Waals surface area contributed by atoms with Gasteiger partial charge in [0.2, 0.25) is 0 Å². The van der Waals surface area contributed by atoms with Crippen molar-refractivity contribution >= 4 is 23.5 Å². The first-order chi connectivity index (χ1) is 8.17. The van der Waals surface area contributed by atoms with Gasteiger partial charge in [0.1, 0.15) is 0 Å². The van der Waals surface area contributed by atoms with E-state index in [9.17, 15) is 0 Å². The minimum atomic E-state index is -0.462. The van der Waals surface area contributed by atoms with Crippen molar-refractivity contribution < 1.29 is 0 Å². The van der Waals surface area contributed by atoms with Crippen LogP contribution in [0.15, 0.2) is 29.3 Å². The number of nitrogens with zero attached hydrogens (tertiary/aromatic N) is 3. The summed E-state index contributed by atoms with van der Waals surface area (Å²) in [5.41, 5.74) is 12.5. The Morgan fingerprint density at radius 1 is 1.41 bits per heavy atom. The van der Waals surface area contributed by atoms with Crippen molar-refractivity contribution in [2.45, 2.75) is 13.2 Å². The van der Waals surface area contributed by atoms with Crippen LogP contribution in [0, 0.1) is 6.92 Å². The van der Waals surface area contributed by atoms with Crippen molar-refractivity contribution in [3.63, 3.8) is 0 Å². The Morgan fingerprint density at radius 3 is 2.59 bits per heavy atom. The third kappa shape index (κ3) is 2.20. The highest BCUT2D eigenvalue weighted by atomic mass is 32.1. The molecule has 0 saturated carbocycles. The second-order valence-corrected chi connectivity index (χ2v) is 3.96. The standard InChI is InChI=1S/C11H15N5S/c1-8-3-5-9(6-4-8)10-14-11(12)16(13-2)15(10)7-17/h3-7,11,13H,12H2,1-2H3. The van der Waals surface area contributed by atoms with Gasteiger partial charge in [0.15, 0.2) is 12.1 Å². The SMILES string of the molecule is CNN1C(N)N=C(c2ccc(C)cc2)N1C=S. The molecular formula is C11H15N5S. The van der Waals surface area contributed by atoms with Crippen LogP contribution in [0.2, 0.25) is 0 Å². The lowest BCUT2D eigenvalue weighted by Crippen LogP contribution is -2.53. The first-order valence-corrected chi connectivity index (χ1v) is 5.76. The van der Waals surface area contributed by atoms with Gasteiger partial charge in [-0.3, -0.25) is 5.73 Å². The summed E-state index contributed by atoms with van der Waals surface area (Å²) in [7, 11) is 1.78. The van der Waals surface area contributed by atoms with Gasteiger partial charge in [0, 0.05) is 12.6 Å². The van der Waals surface area contributed by atoms with Crippen molar-refractivity contribution in [3.8, 4) is 0 Å². The molecular weight excluding hydrogens is 234 g/mol. The molecule has 2 rings (SSSR count). The fraction of sp³-hybridized carbons (Fsp3) is 0.273. The molecule has 6 heteroatoms. The van der Waals surface area contributed by atoms with Crippen LogP contribution in [0.25, 0.3) is 0 Å². The van der Waals surface area contributed by atoms with Gasteiger partial charge in [-0.15, -0.1) is 5.12 Å². The number of aryl methyl sites for hydroxylation is 1. The van der Waals surface area contributed by atoms with Gasteiger partial charge >= 0.3 is 0 Å². The normalized spacial score (nSPS) is 20.5. The van der Waals surface area contributed by atoms with Crippen molar-refractivity contribution in [1.29, 1.82) is 0 Å². The molecule has 5 nitrogen and oxygen atoms in total. The van der Waals surface area contributed by atoms with Gasteiger partial charge in [-0.25, -0.2) is 15.4 Å². The van der Waals surface area contributed by atoms with Gasteiger partial charge in [0.05, 0.1) is 5.49 Å². The van der Waals surface area contributed by atoms with Crippen LogP contribution >= 0.6 is 12.2 Å². The molecule has 0 radical (unpaired) electrons. The Labute approximate surface area is 106 Å². The van der Waals surface area contributed by atoms with Crippen molar-refractivity contribution in [2.75, 3.05) is 7.05 Å². The van der Waals surface area contributed by atoms with Crippen LogP contribution < -0.4 is 11.2 Å². The van der Waals surface area contributed by atoms with Gasteiger partial charge in [-0.1, -0.05) is 42.0 Å². The predicted molar refractivity (Wildman–Crippen MR) is 72.1 cm³/mol. The summed E-state index contributed by atoms with van der Waals surface area (Å²) in [5, 5.41) is 3.40. The first kappa shape index (κ1) is 12.1. The fourth-order valence-corrected chi connectivity index (χ4v) is 1.92. The van der Waals surface area contributed by atoms with E-state index in [1.165, 1.54) is 11.1 Å². The number of hydrazine groups is 2. The van der Waals surface area contributed by atoms with Crippen LogP contribution in [0.1, 0.15) is 11.1 Å². The Morgan fingerprint density at radius 2 is 2.06 bits per heavy atom. The molecule has 0 spiro atoms.